The minimum absolute atomic E-state index is 0. The second-order valence-electron chi connectivity index (χ2n) is 3.85. The standard InChI is InChI=1S/C11H16N2OS.ClH/c14-11(10-3-1-2-5-12-10)13-7-9-4-6-15-8-9;/h4,6,8,10,12H,1-3,5,7H2,(H,13,14);1H/t10-;/m0./s1. The second kappa shape index (κ2) is 6.89. The fourth-order valence-corrected chi connectivity index (χ4v) is 2.45. The first-order valence-electron chi connectivity index (χ1n) is 5.38. The number of piperidine rings is 1. The van der Waals surface area contributed by atoms with Gasteiger partial charge in [-0.25, -0.2) is 0 Å². The summed E-state index contributed by atoms with van der Waals surface area (Å²) in [6, 6.07) is 2.07. The van der Waals surface area contributed by atoms with E-state index in [1.807, 2.05) is 11.4 Å². The monoisotopic (exact) mass is 260 g/mol. The Morgan fingerprint density at radius 3 is 3.06 bits per heavy atom. The van der Waals surface area contributed by atoms with E-state index in [-0.39, 0.29) is 24.4 Å². The van der Waals surface area contributed by atoms with Crippen LogP contribution in [-0.2, 0) is 11.3 Å². The van der Waals surface area contributed by atoms with Gasteiger partial charge in [-0.3, -0.25) is 4.79 Å². The lowest BCUT2D eigenvalue weighted by molar-refractivity contribution is -0.123. The van der Waals surface area contributed by atoms with E-state index in [0.29, 0.717) is 6.54 Å². The molecule has 1 aromatic heterocycles. The highest BCUT2D eigenvalue weighted by Gasteiger charge is 2.19. The van der Waals surface area contributed by atoms with Crippen molar-refractivity contribution in [2.24, 2.45) is 0 Å². The molecule has 0 unspecified atom stereocenters. The van der Waals surface area contributed by atoms with Crippen LogP contribution < -0.4 is 10.6 Å². The summed E-state index contributed by atoms with van der Waals surface area (Å²) in [4.78, 5) is 11.7. The molecule has 2 rings (SSSR count). The summed E-state index contributed by atoms with van der Waals surface area (Å²) in [5, 5.41) is 10.3. The van der Waals surface area contributed by atoms with Gasteiger partial charge in [0, 0.05) is 6.54 Å². The Morgan fingerprint density at radius 2 is 2.44 bits per heavy atom. The van der Waals surface area contributed by atoms with Crippen LogP contribution in [0.25, 0.3) is 0 Å². The Hall–Kier alpha value is -0.580. The molecule has 2 heterocycles. The molecule has 0 aliphatic carbocycles. The largest absolute Gasteiger partial charge is 0.351 e. The van der Waals surface area contributed by atoms with Gasteiger partial charge in [0.25, 0.3) is 0 Å². The van der Waals surface area contributed by atoms with Crippen LogP contribution in [0.1, 0.15) is 24.8 Å². The molecule has 5 heteroatoms. The highest BCUT2D eigenvalue weighted by molar-refractivity contribution is 7.07. The van der Waals surface area contributed by atoms with E-state index in [0.717, 1.165) is 19.4 Å². The van der Waals surface area contributed by atoms with Gasteiger partial charge in [0.2, 0.25) is 5.91 Å². The Bertz CT molecular complexity index is 310. The van der Waals surface area contributed by atoms with Gasteiger partial charge in [-0.15, -0.1) is 12.4 Å². The quantitative estimate of drug-likeness (QED) is 0.872. The van der Waals surface area contributed by atoms with Crippen LogP contribution in [0.5, 0.6) is 0 Å². The number of nitrogens with one attached hydrogen (secondary N) is 2. The lowest BCUT2D eigenvalue weighted by Crippen LogP contribution is -2.46. The average molecular weight is 261 g/mol. The number of hydrogen-bond acceptors (Lipinski definition) is 3. The van der Waals surface area contributed by atoms with Gasteiger partial charge >= 0.3 is 0 Å². The van der Waals surface area contributed by atoms with E-state index in [1.54, 1.807) is 11.3 Å². The van der Waals surface area contributed by atoms with Crippen molar-refractivity contribution in [2.45, 2.75) is 31.8 Å². The maximum atomic E-state index is 11.7. The normalized spacial score (nSPS) is 19.9. The van der Waals surface area contributed by atoms with Gasteiger partial charge in [0.15, 0.2) is 0 Å². The zero-order chi connectivity index (χ0) is 10.5. The SMILES string of the molecule is Cl.O=C(NCc1ccsc1)[C@@H]1CCCCN1. The Labute approximate surface area is 106 Å². The number of carbonyl (C=O) groups excluding carboxylic acids is 1. The summed E-state index contributed by atoms with van der Waals surface area (Å²) >= 11 is 1.66. The molecule has 0 aromatic carbocycles. The summed E-state index contributed by atoms with van der Waals surface area (Å²) in [7, 11) is 0. The maximum absolute atomic E-state index is 11.7. The molecular formula is C11H17ClN2OS. The van der Waals surface area contributed by atoms with Crippen LogP contribution in [-0.4, -0.2) is 18.5 Å². The van der Waals surface area contributed by atoms with Crippen molar-refractivity contribution < 1.29 is 4.79 Å². The van der Waals surface area contributed by atoms with E-state index >= 15 is 0 Å². The molecule has 3 nitrogen and oxygen atoms in total. The van der Waals surface area contributed by atoms with Crippen LogP contribution in [0, 0.1) is 0 Å². The fourth-order valence-electron chi connectivity index (χ4n) is 1.78. The van der Waals surface area contributed by atoms with E-state index in [1.165, 1.54) is 12.0 Å². The Kier molecular flexibility index (Phi) is 5.80. The lowest BCUT2D eigenvalue weighted by atomic mass is 10.0. The smallest absolute Gasteiger partial charge is 0.237 e. The number of amides is 1. The first-order chi connectivity index (χ1) is 7.36. The average Bonchev–Trinajstić information content (AvgIpc) is 2.80. The van der Waals surface area contributed by atoms with E-state index in [2.05, 4.69) is 16.0 Å². The zero-order valence-electron chi connectivity index (χ0n) is 9.07. The van der Waals surface area contributed by atoms with E-state index in [9.17, 15) is 4.79 Å². The first kappa shape index (κ1) is 13.5. The molecule has 1 fully saturated rings. The fraction of sp³-hybridized carbons (Fsp3) is 0.545. The molecule has 1 saturated heterocycles. The molecule has 1 aliphatic rings. The first-order valence-corrected chi connectivity index (χ1v) is 6.33. The number of carbonyl (C=O) groups is 1. The van der Waals surface area contributed by atoms with Crippen LogP contribution in [0.15, 0.2) is 16.8 Å². The van der Waals surface area contributed by atoms with Gasteiger partial charge in [-0.05, 0) is 41.8 Å². The third-order valence-corrected chi connectivity index (χ3v) is 3.41. The molecule has 0 spiro atoms. The maximum Gasteiger partial charge on any atom is 0.237 e. The van der Waals surface area contributed by atoms with Gasteiger partial charge in [-0.1, -0.05) is 6.42 Å². The van der Waals surface area contributed by atoms with Gasteiger partial charge in [0.1, 0.15) is 0 Å². The highest BCUT2D eigenvalue weighted by Crippen LogP contribution is 2.08. The van der Waals surface area contributed by atoms with Crippen LogP contribution >= 0.6 is 23.7 Å². The van der Waals surface area contributed by atoms with Crippen molar-refractivity contribution in [1.82, 2.24) is 10.6 Å². The minimum Gasteiger partial charge on any atom is -0.351 e. The summed E-state index contributed by atoms with van der Waals surface area (Å²) < 4.78 is 0. The molecule has 90 valence electrons. The molecular weight excluding hydrogens is 244 g/mol. The number of hydrogen-bond donors (Lipinski definition) is 2. The molecule has 1 aromatic rings. The van der Waals surface area contributed by atoms with Crippen LogP contribution in [0.2, 0.25) is 0 Å². The molecule has 0 saturated carbocycles. The van der Waals surface area contributed by atoms with Gasteiger partial charge in [0.05, 0.1) is 6.04 Å². The van der Waals surface area contributed by atoms with E-state index in [4.69, 9.17) is 0 Å². The minimum atomic E-state index is 0. The van der Waals surface area contributed by atoms with Crippen molar-refractivity contribution in [3.8, 4) is 0 Å². The number of thiophene rings is 1. The predicted molar refractivity (Wildman–Crippen MR) is 69.1 cm³/mol. The summed E-state index contributed by atoms with van der Waals surface area (Å²) in [5.41, 5.74) is 1.18. The third kappa shape index (κ3) is 3.77. The topological polar surface area (TPSA) is 41.1 Å². The number of halogens is 1. The second-order valence-corrected chi connectivity index (χ2v) is 4.63. The molecule has 0 radical (unpaired) electrons. The lowest BCUT2D eigenvalue weighted by Gasteiger charge is -2.22. The molecule has 0 bridgehead atoms. The Balaban J connectivity index is 0.00000128. The molecule has 1 atom stereocenters. The molecule has 2 N–H and O–H groups in total. The summed E-state index contributed by atoms with van der Waals surface area (Å²) in [5.74, 6) is 0.140. The molecule has 1 aliphatic heterocycles. The zero-order valence-corrected chi connectivity index (χ0v) is 10.7. The van der Waals surface area contributed by atoms with Crippen molar-refractivity contribution in [1.29, 1.82) is 0 Å². The van der Waals surface area contributed by atoms with Gasteiger partial charge in [-0.2, -0.15) is 11.3 Å². The van der Waals surface area contributed by atoms with Crippen molar-refractivity contribution >= 4 is 29.7 Å². The van der Waals surface area contributed by atoms with Crippen LogP contribution in [0.4, 0.5) is 0 Å². The van der Waals surface area contributed by atoms with Crippen molar-refractivity contribution in [2.75, 3.05) is 6.54 Å². The molecule has 1 amide bonds. The van der Waals surface area contributed by atoms with Crippen LogP contribution in [0.3, 0.4) is 0 Å². The van der Waals surface area contributed by atoms with Crippen molar-refractivity contribution in [3.05, 3.63) is 22.4 Å². The van der Waals surface area contributed by atoms with Gasteiger partial charge < -0.3 is 10.6 Å². The van der Waals surface area contributed by atoms with E-state index < -0.39 is 0 Å². The third-order valence-electron chi connectivity index (χ3n) is 2.67. The highest BCUT2D eigenvalue weighted by atomic mass is 35.5. The Morgan fingerprint density at radius 1 is 1.56 bits per heavy atom. The number of rotatable bonds is 3. The summed E-state index contributed by atoms with van der Waals surface area (Å²) in [6.45, 7) is 1.62. The molecule has 16 heavy (non-hydrogen) atoms. The summed E-state index contributed by atoms with van der Waals surface area (Å²) in [6.07, 6.45) is 3.31. The van der Waals surface area contributed by atoms with Crippen molar-refractivity contribution in [3.63, 3.8) is 0 Å². The predicted octanol–water partition coefficient (Wildman–Crippen LogP) is 1.93.